The fraction of sp³-hybridized carbons (Fsp3) is 0.235. The first kappa shape index (κ1) is 17.4. The number of hydrogen-bond acceptors (Lipinski definition) is 5. The van der Waals surface area contributed by atoms with E-state index >= 15 is 0 Å². The molecule has 2 aromatic rings. The normalized spacial score (nSPS) is 12.6. The molecule has 6 heteroatoms. The number of carbonyl (C=O) groups is 1. The maximum Gasteiger partial charge on any atom is 0.370 e. The smallest absolute Gasteiger partial charge is 0.370 e. The summed E-state index contributed by atoms with van der Waals surface area (Å²) in [7, 11) is -1.02. The van der Waals surface area contributed by atoms with Gasteiger partial charge in [-0.25, -0.2) is 4.79 Å². The summed E-state index contributed by atoms with van der Waals surface area (Å²) < 4.78 is 28.2. The number of benzene rings is 2. The average Bonchev–Trinajstić information content (AvgIpc) is 2.62. The molecule has 0 N–H and O–H groups in total. The van der Waals surface area contributed by atoms with Crippen LogP contribution in [0.2, 0.25) is 0 Å². The number of carbonyl (C=O) groups excluding carboxylic acids is 1. The van der Waals surface area contributed by atoms with Crippen LogP contribution < -0.4 is 0 Å². The predicted octanol–water partition coefficient (Wildman–Crippen LogP) is 3.90. The van der Waals surface area contributed by atoms with Crippen LogP contribution in [0.15, 0.2) is 60.7 Å². The third-order valence-corrected chi connectivity index (χ3v) is 5.38. The first-order valence-corrected chi connectivity index (χ1v) is 8.71. The van der Waals surface area contributed by atoms with E-state index in [0.29, 0.717) is 5.56 Å². The average molecular weight is 334 g/mol. The monoisotopic (exact) mass is 334 g/mol. The summed E-state index contributed by atoms with van der Waals surface area (Å²) in [5.41, 5.74) is 1.25. The van der Waals surface area contributed by atoms with E-state index in [-0.39, 0.29) is 6.42 Å². The predicted molar refractivity (Wildman–Crippen MR) is 87.4 cm³/mol. The SMILES string of the molecule is COP(=O)(OC)[C@@H](Cc1ccccc1)OC(=O)c1ccccc1. The molecule has 0 fully saturated rings. The molecular weight excluding hydrogens is 315 g/mol. The fourth-order valence-electron chi connectivity index (χ4n) is 2.11. The van der Waals surface area contributed by atoms with Gasteiger partial charge in [0.15, 0.2) is 0 Å². The molecule has 0 amide bonds. The van der Waals surface area contributed by atoms with Crippen LogP contribution >= 0.6 is 7.60 Å². The molecule has 23 heavy (non-hydrogen) atoms. The van der Waals surface area contributed by atoms with Crippen LogP contribution in [-0.4, -0.2) is 26.0 Å². The van der Waals surface area contributed by atoms with Crippen molar-refractivity contribution in [2.24, 2.45) is 0 Å². The van der Waals surface area contributed by atoms with Gasteiger partial charge in [0.1, 0.15) is 0 Å². The molecule has 122 valence electrons. The van der Waals surface area contributed by atoms with Gasteiger partial charge in [0, 0.05) is 20.6 Å². The summed E-state index contributed by atoms with van der Waals surface area (Å²) in [4.78, 5) is 12.3. The van der Waals surface area contributed by atoms with Crippen molar-refractivity contribution in [1.82, 2.24) is 0 Å². The lowest BCUT2D eigenvalue weighted by Crippen LogP contribution is -2.22. The van der Waals surface area contributed by atoms with E-state index in [2.05, 4.69) is 0 Å². The van der Waals surface area contributed by atoms with Gasteiger partial charge < -0.3 is 13.8 Å². The van der Waals surface area contributed by atoms with Crippen LogP contribution in [0.4, 0.5) is 0 Å². The zero-order valence-electron chi connectivity index (χ0n) is 13.0. The van der Waals surface area contributed by atoms with E-state index in [4.69, 9.17) is 13.8 Å². The van der Waals surface area contributed by atoms with Crippen molar-refractivity contribution in [2.45, 2.75) is 12.3 Å². The van der Waals surface area contributed by atoms with Crippen LogP contribution in [0.25, 0.3) is 0 Å². The number of ether oxygens (including phenoxy) is 1. The Hall–Kier alpha value is -1.94. The second-order valence-electron chi connectivity index (χ2n) is 4.82. The Morgan fingerprint density at radius 3 is 2.00 bits per heavy atom. The lowest BCUT2D eigenvalue weighted by Gasteiger charge is -2.24. The standard InChI is InChI=1S/C17H19O5P/c1-20-23(19,21-2)16(13-14-9-5-3-6-10-14)22-17(18)15-11-7-4-8-12-15/h3-12,16H,13H2,1-2H3/t16-/m0/s1. The maximum absolute atomic E-state index is 12.7. The van der Waals surface area contributed by atoms with Gasteiger partial charge >= 0.3 is 13.6 Å². The lowest BCUT2D eigenvalue weighted by molar-refractivity contribution is 0.0385. The van der Waals surface area contributed by atoms with Crippen molar-refractivity contribution in [3.8, 4) is 0 Å². The van der Waals surface area contributed by atoms with E-state index in [0.717, 1.165) is 5.56 Å². The molecule has 5 nitrogen and oxygen atoms in total. The zero-order valence-corrected chi connectivity index (χ0v) is 13.9. The van der Waals surface area contributed by atoms with Crippen LogP contribution in [0.3, 0.4) is 0 Å². The van der Waals surface area contributed by atoms with Crippen LogP contribution in [0.1, 0.15) is 15.9 Å². The van der Waals surface area contributed by atoms with E-state index < -0.39 is 19.4 Å². The van der Waals surface area contributed by atoms with Crippen LogP contribution in [0, 0.1) is 0 Å². The molecule has 0 bridgehead atoms. The van der Waals surface area contributed by atoms with Gasteiger partial charge in [-0.2, -0.15) is 0 Å². The Morgan fingerprint density at radius 1 is 0.957 bits per heavy atom. The summed E-state index contributed by atoms with van der Waals surface area (Å²) in [6.45, 7) is 0. The van der Waals surface area contributed by atoms with Crippen molar-refractivity contribution >= 4 is 13.6 Å². The molecule has 0 aliphatic carbocycles. The van der Waals surface area contributed by atoms with Gasteiger partial charge in [-0.1, -0.05) is 48.5 Å². The van der Waals surface area contributed by atoms with Gasteiger partial charge in [-0.15, -0.1) is 0 Å². The van der Waals surface area contributed by atoms with E-state index in [9.17, 15) is 9.36 Å². The Bertz CT molecular complexity index is 664. The minimum atomic E-state index is -3.57. The van der Waals surface area contributed by atoms with E-state index in [1.54, 1.807) is 30.3 Å². The molecule has 0 saturated carbocycles. The molecule has 0 unspecified atom stereocenters. The van der Waals surface area contributed by atoms with Crippen molar-refractivity contribution < 1.29 is 23.1 Å². The van der Waals surface area contributed by atoms with E-state index in [1.165, 1.54) is 14.2 Å². The summed E-state index contributed by atoms with van der Waals surface area (Å²) in [6, 6.07) is 17.8. The molecule has 0 aromatic heterocycles. The summed E-state index contributed by atoms with van der Waals surface area (Å²) in [5, 5.41) is 0. The largest absolute Gasteiger partial charge is 0.445 e. The third-order valence-electron chi connectivity index (χ3n) is 3.37. The number of rotatable bonds is 7. The van der Waals surface area contributed by atoms with Crippen molar-refractivity contribution in [3.05, 3.63) is 71.8 Å². The van der Waals surface area contributed by atoms with Gasteiger partial charge in [0.2, 0.25) is 5.85 Å². The Labute approximate surface area is 135 Å². The van der Waals surface area contributed by atoms with E-state index in [1.807, 2.05) is 30.3 Å². The highest BCUT2D eigenvalue weighted by molar-refractivity contribution is 7.54. The summed E-state index contributed by atoms with van der Waals surface area (Å²) in [5.74, 6) is -1.59. The van der Waals surface area contributed by atoms with Gasteiger partial charge in [-0.05, 0) is 17.7 Å². The molecule has 0 spiro atoms. The molecule has 0 saturated heterocycles. The van der Waals surface area contributed by atoms with Gasteiger partial charge in [0.25, 0.3) is 0 Å². The molecule has 2 rings (SSSR count). The molecule has 2 aromatic carbocycles. The topological polar surface area (TPSA) is 61.8 Å². The molecule has 0 heterocycles. The molecular formula is C17H19O5P. The minimum Gasteiger partial charge on any atom is -0.445 e. The van der Waals surface area contributed by atoms with Crippen molar-refractivity contribution in [2.75, 3.05) is 14.2 Å². The summed E-state index contributed by atoms with van der Waals surface area (Å²) in [6.07, 6.45) is 0.234. The molecule has 0 aliphatic rings. The first-order chi connectivity index (χ1) is 11.1. The molecule has 0 radical (unpaired) electrons. The Morgan fingerprint density at radius 2 is 1.48 bits per heavy atom. The number of esters is 1. The molecule has 1 atom stereocenters. The van der Waals surface area contributed by atoms with Gasteiger partial charge in [0.05, 0.1) is 5.56 Å². The maximum atomic E-state index is 12.7. The van der Waals surface area contributed by atoms with Crippen molar-refractivity contribution in [3.63, 3.8) is 0 Å². The minimum absolute atomic E-state index is 0.234. The zero-order chi connectivity index (χ0) is 16.7. The molecule has 0 aliphatic heterocycles. The highest BCUT2D eigenvalue weighted by Crippen LogP contribution is 2.53. The summed E-state index contributed by atoms with van der Waals surface area (Å²) >= 11 is 0. The highest BCUT2D eigenvalue weighted by Gasteiger charge is 2.37. The first-order valence-electron chi connectivity index (χ1n) is 7.10. The Kier molecular flexibility index (Phi) is 6.11. The van der Waals surface area contributed by atoms with Crippen molar-refractivity contribution in [1.29, 1.82) is 0 Å². The van der Waals surface area contributed by atoms with Crippen LogP contribution in [-0.2, 0) is 24.8 Å². The second-order valence-corrected chi connectivity index (χ2v) is 7.21. The fourth-order valence-corrected chi connectivity index (χ4v) is 3.39. The van der Waals surface area contributed by atoms with Crippen LogP contribution in [0.5, 0.6) is 0 Å². The van der Waals surface area contributed by atoms with Gasteiger partial charge in [-0.3, -0.25) is 4.57 Å². The third kappa shape index (κ3) is 4.52. The highest BCUT2D eigenvalue weighted by atomic mass is 31.2. The quantitative estimate of drug-likeness (QED) is 0.568. The lowest BCUT2D eigenvalue weighted by atomic mass is 10.2. The number of hydrogen-bond donors (Lipinski definition) is 0. The Balaban J connectivity index is 2.23. The second kappa shape index (κ2) is 8.06.